The van der Waals surface area contributed by atoms with Crippen molar-refractivity contribution >= 4 is 31.8 Å². The maximum absolute atomic E-state index is 13.6. The number of hydrogen-bond donors (Lipinski definition) is 0. The van der Waals surface area contributed by atoms with Gasteiger partial charge in [-0.2, -0.15) is 0 Å². The molecule has 7 heteroatoms. The Kier molecular flexibility index (Phi) is 7.27. The lowest BCUT2D eigenvalue weighted by Gasteiger charge is -2.32. The van der Waals surface area contributed by atoms with Crippen LogP contribution in [0.3, 0.4) is 0 Å². The molecule has 1 saturated heterocycles. The lowest BCUT2D eigenvalue weighted by molar-refractivity contribution is -0.137. The highest BCUT2D eigenvalue weighted by molar-refractivity contribution is 7.01. The number of rotatable bonds is 7. The molecule has 3 rings (SSSR count). The third kappa shape index (κ3) is 4.95. The van der Waals surface area contributed by atoms with Gasteiger partial charge < -0.3 is 18.8 Å². The number of carbonyl (C=O) groups is 1. The molecule has 0 bridgehead atoms. The van der Waals surface area contributed by atoms with E-state index in [2.05, 4.69) is 25.2 Å². The molecular formula is C26H35BO5Si. The Balaban J connectivity index is 2.32. The van der Waals surface area contributed by atoms with Gasteiger partial charge in [0, 0.05) is 5.20 Å². The number of ether oxygens (including phenoxy) is 2. The fraction of sp³-hybridized carbons (Fsp3) is 0.423. The zero-order valence-corrected chi connectivity index (χ0v) is 22.0. The average Bonchev–Trinajstić information content (AvgIpc) is 2.99. The van der Waals surface area contributed by atoms with E-state index < -0.39 is 26.4 Å². The molecule has 0 radical (unpaired) electrons. The van der Waals surface area contributed by atoms with Gasteiger partial charge in [-0.1, -0.05) is 60.7 Å². The highest BCUT2D eigenvalue weighted by Crippen LogP contribution is 2.42. The average molecular weight is 466 g/mol. The maximum Gasteiger partial charge on any atom is 0.495 e. The molecule has 0 spiro atoms. The topological polar surface area (TPSA) is 54.0 Å². The second-order valence-corrected chi connectivity index (χ2v) is 14.1. The summed E-state index contributed by atoms with van der Waals surface area (Å²) < 4.78 is 23.9. The van der Waals surface area contributed by atoms with E-state index >= 15 is 0 Å². The zero-order chi connectivity index (χ0) is 24.4. The van der Waals surface area contributed by atoms with Crippen LogP contribution in [-0.2, 0) is 18.8 Å². The third-order valence-corrected chi connectivity index (χ3v) is 10.3. The first kappa shape index (κ1) is 25.3. The summed E-state index contributed by atoms with van der Waals surface area (Å²) in [5.41, 5.74) is 0.491. The van der Waals surface area contributed by atoms with Crippen molar-refractivity contribution < 1.29 is 23.6 Å². The molecule has 1 aliphatic heterocycles. The molecule has 1 fully saturated rings. The van der Waals surface area contributed by atoms with Gasteiger partial charge in [0.05, 0.1) is 24.9 Å². The Morgan fingerprint density at radius 3 is 1.97 bits per heavy atom. The van der Waals surface area contributed by atoms with Gasteiger partial charge in [-0.05, 0) is 57.8 Å². The zero-order valence-electron chi connectivity index (χ0n) is 21.0. The molecule has 1 heterocycles. The number of hydrogen-bond acceptors (Lipinski definition) is 5. The number of benzene rings is 2. The molecule has 0 aliphatic carbocycles. The first-order chi connectivity index (χ1) is 15.4. The summed E-state index contributed by atoms with van der Waals surface area (Å²) in [4.78, 5) is 13.6. The minimum absolute atomic E-state index is 0.293. The van der Waals surface area contributed by atoms with Gasteiger partial charge in [0.25, 0.3) is 0 Å². The number of carbonyl (C=O) groups excluding carboxylic acids is 1. The van der Waals surface area contributed by atoms with Crippen molar-refractivity contribution in [2.24, 2.45) is 0 Å². The van der Waals surface area contributed by atoms with E-state index in [4.69, 9.17) is 18.8 Å². The molecule has 0 atom stereocenters. The first-order valence-electron chi connectivity index (χ1n) is 11.4. The molecule has 0 amide bonds. The fourth-order valence-electron chi connectivity index (χ4n) is 4.03. The molecule has 2 aromatic rings. The third-order valence-electron chi connectivity index (χ3n) is 6.76. The van der Waals surface area contributed by atoms with Gasteiger partial charge in [0.2, 0.25) is 0 Å². The van der Waals surface area contributed by atoms with Crippen molar-refractivity contribution in [3.63, 3.8) is 0 Å². The summed E-state index contributed by atoms with van der Waals surface area (Å²) in [5.74, 6) is 0.419. The predicted molar refractivity (Wildman–Crippen MR) is 136 cm³/mol. The summed E-state index contributed by atoms with van der Waals surface area (Å²) in [6.45, 7) is 14.5. The van der Waals surface area contributed by atoms with Gasteiger partial charge in [-0.15, -0.1) is 0 Å². The highest BCUT2D eigenvalue weighted by Gasteiger charge is 2.54. The van der Waals surface area contributed by atoms with Gasteiger partial charge in [0.1, 0.15) is 13.8 Å². The Morgan fingerprint density at radius 2 is 1.48 bits per heavy atom. The van der Waals surface area contributed by atoms with Gasteiger partial charge in [0.15, 0.2) is 0 Å². The maximum atomic E-state index is 13.6. The minimum atomic E-state index is -2.52. The predicted octanol–water partition coefficient (Wildman–Crippen LogP) is 4.80. The second kappa shape index (κ2) is 9.49. The van der Waals surface area contributed by atoms with Gasteiger partial charge >= 0.3 is 13.1 Å². The van der Waals surface area contributed by atoms with Crippen LogP contribution in [0.5, 0.6) is 5.75 Å². The molecule has 176 valence electrons. The molecule has 33 heavy (non-hydrogen) atoms. The minimum Gasteiger partial charge on any atom is -0.497 e. The van der Waals surface area contributed by atoms with E-state index in [1.807, 2.05) is 77.1 Å². The Labute approximate surface area is 199 Å². The van der Waals surface area contributed by atoms with Crippen LogP contribution < -0.4 is 9.92 Å². The summed E-state index contributed by atoms with van der Waals surface area (Å²) in [5, 5.41) is 1.79. The van der Waals surface area contributed by atoms with Crippen molar-refractivity contribution in [1.29, 1.82) is 0 Å². The monoisotopic (exact) mass is 466 g/mol. The van der Waals surface area contributed by atoms with Crippen molar-refractivity contribution in [3.8, 4) is 5.75 Å². The number of methoxy groups -OCH3 is 1. The van der Waals surface area contributed by atoms with Crippen molar-refractivity contribution in [2.75, 3.05) is 13.7 Å². The van der Waals surface area contributed by atoms with E-state index in [1.165, 1.54) is 0 Å². The van der Waals surface area contributed by atoms with Crippen LogP contribution in [0.2, 0.25) is 13.1 Å². The Hall–Kier alpha value is -2.35. The number of esters is 1. The molecule has 0 aromatic heterocycles. The molecule has 2 aromatic carbocycles. The van der Waals surface area contributed by atoms with Crippen LogP contribution in [0.25, 0.3) is 5.47 Å². The van der Waals surface area contributed by atoms with Crippen molar-refractivity contribution in [2.45, 2.75) is 58.9 Å². The van der Waals surface area contributed by atoms with Crippen LogP contribution in [0, 0.1) is 0 Å². The van der Waals surface area contributed by atoms with Crippen LogP contribution in [-0.4, -0.2) is 46.1 Å². The molecule has 5 nitrogen and oxygen atoms in total. The smallest absolute Gasteiger partial charge is 0.495 e. The molecule has 1 aliphatic rings. The summed E-state index contributed by atoms with van der Waals surface area (Å²) in [6, 6.07) is 17.9. The van der Waals surface area contributed by atoms with Gasteiger partial charge in [-0.3, -0.25) is 0 Å². The lowest BCUT2D eigenvalue weighted by atomic mass is 9.73. The van der Waals surface area contributed by atoms with Crippen molar-refractivity contribution in [1.82, 2.24) is 0 Å². The van der Waals surface area contributed by atoms with Crippen LogP contribution in [0.15, 0.2) is 59.8 Å². The standard InChI is InChI=1S/C26H35BO5Si/c1-9-30-24(28)23(33(7,8)21-13-11-10-12-14-21)22(19-15-17-20(29-6)18-16-19)27-31-25(2,3)26(4,5)32-27/h10-18H,9H2,1-8H3/b23-22+. The van der Waals surface area contributed by atoms with Crippen LogP contribution in [0.1, 0.15) is 40.2 Å². The van der Waals surface area contributed by atoms with Crippen LogP contribution in [0.4, 0.5) is 0 Å². The summed E-state index contributed by atoms with van der Waals surface area (Å²) >= 11 is 0. The van der Waals surface area contributed by atoms with Gasteiger partial charge in [-0.25, -0.2) is 4.79 Å². The molecular weight excluding hydrogens is 431 g/mol. The Bertz CT molecular complexity index is 997. The van der Waals surface area contributed by atoms with E-state index in [0.29, 0.717) is 11.8 Å². The molecule has 0 saturated carbocycles. The summed E-state index contributed by atoms with van der Waals surface area (Å²) in [7, 11) is -1.60. The van der Waals surface area contributed by atoms with E-state index in [9.17, 15) is 4.79 Å². The fourth-order valence-corrected chi connectivity index (χ4v) is 6.87. The van der Waals surface area contributed by atoms with E-state index in [0.717, 1.165) is 22.0 Å². The second-order valence-electron chi connectivity index (χ2n) is 9.82. The lowest BCUT2D eigenvalue weighted by Crippen LogP contribution is -2.48. The van der Waals surface area contributed by atoms with E-state index in [1.54, 1.807) is 7.11 Å². The molecule has 0 N–H and O–H groups in total. The largest absolute Gasteiger partial charge is 0.497 e. The van der Waals surface area contributed by atoms with Crippen LogP contribution >= 0.6 is 0 Å². The summed E-state index contributed by atoms with van der Waals surface area (Å²) in [6.07, 6.45) is 0. The normalized spacial score (nSPS) is 18.0. The molecule has 0 unspecified atom stereocenters. The SMILES string of the molecule is CCOC(=O)/C(=C(\B1OC(C)(C)C(C)(C)O1)c1ccc(OC)cc1)[Si](C)(C)c1ccccc1. The van der Waals surface area contributed by atoms with Crippen molar-refractivity contribution in [3.05, 3.63) is 65.4 Å². The Morgan fingerprint density at radius 1 is 0.939 bits per heavy atom. The van der Waals surface area contributed by atoms with E-state index in [-0.39, 0.29) is 5.97 Å². The highest BCUT2D eigenvalue weighted by atomic mass is 28.3. The quantitative estimate of drug-likeness (QED) is 0.333. The first-order valence-corrected chi connectivity index (χ1v) is 14.4.